The smallest absolute Gasteiger partial charge is 0.161 e. The first-order valence-corrected chi connectivity index (χ1v) is 6.28. The molecular formula is C14H23NO4. The second-order valence-electron chi connectivity index (χ2n) is 5.04. The number of aliphatic hydroxyl groups excluding tert-OH is 2. The Labute approximate surface area is 114 Å². The molecule has 1 unspecified atom stereocenters. The Morgan fingerprint density at radius 3 is 2.47 bits per heavy atom. The maximum Gasteiger partial charge on any atom is 0.161 e. The number of aliphatic hydroxyl groups is 2. The molecule has 0 saturated carbocycles. The van der Waals surface area contributed by atoms with E-state index in [-0.39, 0.29) is 13.2 Å². The number of nitrogens with one attached hydrogen (secondary N) is 1. The van der Waals surface area contributed by atoms with E-state index in [2.05, 4.69) is 5.32 Å². The van der Waals surface area contributed by atoms with Crippen LogP contribution in [-0.4, -0.2) is 48.7 Å². The third kappa shape index (κ3) is 5.46. The summed E-state index contributed by atoms with van der Waals surface area (Å²) in [6, 6.07) is 7.29. The summed E-state index contributed by atoms with van der Waals surface area (Å²) in [7, 11) is 1.57. The van der Waals surface area contributed by atoms with Gasteiger partial charge in [0, 0.05) is 12.1 Å². The van der Waals surface area contributed by atoms with E-state index in [4.69, 9.17) is 14.6 Å². The fourth-order valence-electron chi connectivity index (χ4n) is 1.43. The van der Waals surface area contributed by atoms with Gasteiger partial charge < -0.3 is 25.0 Å². The summed E-state index contributed by atoms with van der Waals surface area (Å²) < 4.78 is 10.7. The topological polar surface area (TPSA) is 71.0 Å². The van der Waals surface area contributed by atoms with E-state index in [1.165, 1.54) is 0 Å². The molecule has 3 N–H and O–H groups in total. The van der Waals surface area contributed by atoms with Crippen molar-refractivity contribution in [3.8, 4) is 11.5 Å². The Balaban J connectivity index is 2.40. The van der Waals surface area contributed by atoms with Crippen LogP contribution in [0.25, 0.3) is 0 Å². The maximum atomic E-state index is 9.82. The van der Waals surface area contributed by atoms with E-state index in [0.717, 1.165) is 0 Å². The molecule has 1 atom stereocenters. The molecule has 5 nitrogen and oxygen atoms in total. The largest absolute Gasteiger partial charge is 0.493 e. The molecule has 0 aliphatic carbocycles. The normalized spacial score (nSPS) is 13.1. The molecule has 0 fully saturated rings. The molecule has 1 aromatic carbocycles. The van der Waals surface area contributed by atoms with Gasteiger partial charge in [0.05, 0.1) is 13.7 Å². The molecule has 5 heteroatoms. The van der Waals surface area contributed by atoms with Gasteiger partial charge in [0.25, 0.3) is 0 Å². The van der Waals surface area contributed by atoms with Gasteiger partial charge in [-0.1, -0.05) is 12.1 Å². The van der Waals surface area contributed by atoms with Gasteiger partial charge in [0.1, 0.15) is 12.7 Å². The predicted octanol–water partition coefficient (Wildman–Crippen LogP) is 0.795. The highest BCUT2D eigenvalue weighted by Gasteiger charge is 2.17. The first-order chi connectivity index (χ1) is 8.98. The number of hydrogen-bond donors (Lipinski definition) is 3. The molecule has 1 rings (SSSR count). The number of β-amino-alcohol motifs (C(OH)–C–C–N with tert-alkyl or cyclic N) is 1. The fourth-order valence-corrected chi connectivity index (χ4v) is 1.43. The third-order valence-electron chi connectivity index (χ3n) is 2.71. The minimum Gasteiger partial charge on any atom is -0.493 e. The Morgan fingerprint density at radius 2 is 1.89 bits per heavy atom. The van der Waals surface area contributed by atoms with Crippen LogP contribution in [0.1, 0.15) is 13.8 Å². The summed E-state index contributed by atoms with van der Waals surface area (Å²) in [5.74, 6) is 1.24. The highest BCUT2D eigenvalue weighted by Crippen LogP contribution is 2.25. The molecule has 0 aliphatic rings. The Bertz CT molecular complexity index is 381. The molecule has 108 valence electrons. The monoisotopic (exact) mass is 269 g/mol. The summed E-state index contributed by atoms with van der Waals surface area (Å²) in [6.07, 6.45) is -0.657. The van der Waals surface area contributed by atoms with Gasteiger partial charge in [-0.15, -0.1) is 0 Å². The molecule has 0 radical (unpaired) electrons. The molecule has 19 heavy (non-hydrogen) atoms. The van der Waals surface area contributed by atoms with Gasteiger partial charge in [0.2, 0.25) is 0 Å². The van der Waals surface area contributed by atoms with Gasteiger partial charge in [-0.2, -0.15) is 0 Å². The standard InChI is InChI=1S/C14H23NO4/c1-14(2,10-16)15-8-11(17)9-19-13-7-5-4-6-12(13)18-3/h4-7,11,15-17H,8-10H2,1-3H3. The lowest BCUT2D eigenvalue weighted by Crippen LogP contribution is -2.47. The van der Waals surface area contributed by atoms with Crippen molar-refractivity contribution in [3.05, 3.63) is 24.3 Å². The van der Waals surface area contributed by atoms with E-state index >= 15 is 0 Å². The first-order valence-electron chi connectivity index (χ1n) is 6.28. The minimum atomic E-state index is -0.657. The summed E-state index contributed by atoms with van der Waals surface area (Å²) in [4.78, 5) is 0. The van der Waals surface area contributed by atoms with Crippen LogP contribution in [0.4, 0.5) is 0 Å². The second-order valence-corrected chi connectivity index (χ2v) is 5.04. The van der Waals surface area contributed by atoms with Crippen molar-refractivity contribution < 1.29 is 19.7 Å². The number of methoxy groups -OCH3 is 1. The lowest BCUT2D eigenvalue weighted by molar-refractivity contribution is 0.0894. The quantitative estimate of drug-likeness (QED) is 0.651. The molecule has 0 heterocycles. The van der Waals surface area contributed by atoms with Gasteiger partial charge in [-0.05, 0) is 26.0 Å². The minimum absolute atomic E-state index is 0.00703. The number of rotatable bonds is 8. The van der Waals surface area contributed by atoms with E-state index in [0.29, 0.717) is 18.0 Å². The van der Waals surface area contributed by atoms with Crippen molar-refractivity contribution >= 4 is 0 Å². The molecule has 0 aliphatic heterocycles. The van der Waals surface area contributed by atoms with E-state index in [1.807, 2.05) is 26.0 Å². The van der Waals surface area contributed by atoms with Crippen LogP contribution in [0, 0.1) is 0 Å². The third-order valence-corrected chi connectivity index (χ3v) is 2.71. The number of para-hydroxylation sites is 2. The summed E-state index contributed by atoms with van der Waals surface area (Å²) in [5, 5.41) is 22.0. The average Bonchev–Trinajstić information content (AvgIpc) is 2.43. The van der Waals surface area contributed by atoms with Crippen molar-refractivity contribution in [3.63, 3.8) is 0 Å². The van der Waals surface area contributed by atoms with Crippen LogP contribution in [0.5, 0.6) is 11.5 Å². The van der Waals surface area contributed by atoms with Crippen LogP contribution < -0.4 is 14.8 Å². The molecule has 0 amide bonds. The highest BCUT2D eigenvalue weighted by molar-refractivity contribution is 5.39. The Morgan fingerprint density at radius 1 is 1.26 bits per heavy atom. The first kappa shape index (κ1) is 15.8. The zero-order chi connectivity index (χ0) is 14.3. The predicted molar refractivity (Wildman–Crippen MR) is 73.7 cm³/mol. The molecule has 0 aromatic heterocycles. The lowest BCUT2D eigenvalue weighted by atomic mass is 10.1. The van der Waals surface area contributed by atoms with Crippen molar-refractivity contribution in [1.29, 1.82) is 0 Å². The zero-order valence-corrected chi connectivity index (χ0v) is 11.7. The molecular weight excluding hydrogens is 246 g/mol. The fraction of sp³-hybridized carbons (Fsp3) is 0.571. The van der Waals surface area contributed by atoms with Crippen LogP contribution in [-0.2, 0) is 0 Å². The summed E-state index contributed by atoms with van der Waals surface area (Å²) in [5.41, 5.74) is -0.411. The summed E-state index contributed by atoms with van der Waals surface area (Å²) in [6.45, 7) is 4.24. The summed E-state index contributed by atoms with van der Waals surface area (Å²) >= 11 is 0. The van der Waals surface area contributed by atoms with Gasteiger partial charge in [-0.3, -0.25) is 0 Å². The molecule has 0 bridgehead atoms. The number of hydrogen-bond acceptors (Lipinski definition) is 5. The highest BCUT2D eigenvalue weighted by atomic mass is 16.5. The maximum absolute atomic E-state index is 9.82. The lowest BCUT2D eigenvalue weighted by Gasteiger charge is -2.25. The Hall–Kier alpha value is -1.30. The van der Waals surface area contributed by atoms with Crippen LogP contribution in [0.15, 0.2) is 24.3 Å². The van der Waals surface area contributed by atoms with Gasteiger partial charge >= 0.3 is 0 Å². The van der Waals surface area contributed by atoms with Crippen LogP contribution in [0.2, 0.25) is 0 Å². The average molecular weight is 269 g/mol. The van der Waals surface area contributed by atoms with Crippen molar-refractivity contribution in [2.75, 3.05) is 26.9 Å². The number of ether oxygens (including phenoxy) is 2. The van der Waals surface area contributed by atoms with Crippen molar-refractivity contribution in [2.45, 2.75) is 25.5 Å². The van der Waals surface area contributed by atoms with Crippen LogP contribution in [0.3, 0.4) is 0 Å². The zero-order valence-electron chi connectivity index (χ0n) is 11.7. The SMILES string of the molecule is COc1ccccc1OCC(O)CNC(C)(C)CO. The Kier molecular flexibility index (Phi) is 6.08. The van der Waals surface area contributed by atoms with Crippen molar-refractivity contribution in [2.24, 2.45) is 0 Å². The molecule has 0 spiro atoms. The van der Waals surface area contributed by atoms with Gasteiger partial charge in [0.15, 0.2) is 11.5 Å². The van der Waals surface area contributed by atoms with E-state index in [9.17, 15) is 5.11 Å². The molecule has 1 aromatic rings. The van der Waals surface area contributed by atoms with E-state index < -0.39 is 11.6 Å². The van der Waals surface area contributed by atoms with Crippen molar-refractivity contribution in [1.82, 2.24) is 5.32 Å². The second kappa shape index (κ2) is 7.33. The molecule has 0 saturated heterocycles. The van der Waals surface area contributed by atoms with Crippen LogP contribution >= 0.6 is 0 Å². The van der Waals surface area contributed by atoms with Gasteiger partial charge in [-0.25, -0.2) is 0 Å². The van der Waals surface area contributed by atoms with E-state index in [1.54, 1.807) is 19.2 Å². The number of benzene rings is 1.